The Morgan fingerprint density at radius 3 is 2.27 bits per heavy atom. The maximum Gasteiger partial charge on any atom is 0.0431 e. The molecule has 0 radical (unpaired) electrons. The second kappa shape index (κ2) is 9.92. The highest BCUT2D eigenvalue weighted by Gasteiger charge is 1.88. The van der Waals surface area contributed by atoms with E-state index in [0.717, 1.165) is 19.5 Å². The fraction of sp³-hybridized carbons (Fsp3) is 1.00. The van der Waals surface area contributed by atoms with Gasteiger partial charge in [-0.3, -0.25) is 0 Å². The van der Waals surface area contributed by atoms with Crippen molar-refractivity contribution in [2.24, 2.45) is 0 Å². The lowest BCUT2D eigenvalue weighted by Gasteiger charge is -2.00. The molecule has 0 aromatic rings. The summed E-state index contributed by atoms with van der Waals surface area (Å²) in [4.78, 5) is 0. The Morgan fingerprint density at radius 1 is 1.00 bits per heavy atom. The van der Waals surface area contributed by atoms with E-state index >= 15 is 0 Å². The van der Waals surface area contributed by atoms with Crippen LogP contribution in [0.4, 0.5) is 0 Å². The molecule has 0 rings (SSSR count). The summed E-state index contributed by atoms with van der Waals surface area (Å²) in [6.07, 6.45) is 6.00. The third kappa shape index (κ3) is 9.92. The Kier molecular flexibility index (Phi) is 9.85. The van der Waals surface area contributed by atoms with E-state index in [1.165, 1.54) is 25.7 Å². The predicted octanol–water partition coefficient (Wildman–Crippen LogP) is 1.54. The van der Waals surface area contributed by atoms with Gasteiger partial charge < -0.3 is 10.4 Å². The second-order valence-electron chi connectivity index (χ2n) is 2.84. The van der Waals surface area contributed by atoms with Gasteiger partial charge in [0.1, 0.15) is 0 Å². The van der Waals surface area contributed by atoms with Gasteiger partial charge in [0.15, 0.2) is 0 Å². The van der Waals surface area contributed by atoms with Crippen LogP contribution in [0.1, 0.15) is 39.0 Å². The van der Waals surface area contributed by atoms with Gasteiger partial charge in [0.05, 0.1) is 0 Å². The highest BCUT2D eigenvalue weighted by atomic mass is 16.2. The van der Waals surface area contributed by atoms with Gasteiger partial charge in [-0.1, -0.05) is 26.2 Å². The van der Waals surface area contributed by atoms with Crippen molar-refractivity contribution in [1.82, 2.24) is 5.32 Å². The molecule has 0 aromatic heterocycles. The molecule has 0 spiro atoms. The van der Waals surface area contributed by atoms with Gasteiger partial charge >= 0.3 is 0 Å². The van der Waals surface area contributed by atoms with E-state index in [1.807, 2.05) is 0 Å². The Balaban J connectivity index is 2.69. The molecular formula is C9H21NO. The van der Waals surface area contributed by atoms with Gasteiger partial charge in [-0.05, 0) is 25.9 Å². The maximum absolute atomic E-state index is 8.49. The standard InChI is InChI=1S/C9H21NO/c1-2-10-8-6-4-3-5-7-9-11/h10-11H,2-9H2,1H3. The summed E-state index contributed by atoms with van der Waals surface area (Å²) in [6.45, 7) is 4.71. The van der Waals surface area contributed by atoms with Gasteiger partial charge in [-0.2, -0.15) is 0 Å². The Labute approximate surface area is 70.0 Å². The van der Waals surface area contributed by atoms with Crippen LogP contribution in [0, 0.1) is 0 Å². The van der Waals surface area contributed by atoms with Gasteiger partial charge in [0.25, 0.3) is 0 Å². The number of hydrogen-bond acceptors (Lipinski definition) is 2. The molecule has 2 nitrogen and oxygen atoms in total. The molecular weight excluding hydrogens is 138 g/mol. The van der Waals surface area contributed by atoms with Crippen molar-refractivity contribution in [3.05, 3.63) is 0 Å². The molecule has 0 aliphatic heterocycles. The molecule has 0 aromatic carbocycles. The maximum atomic E-state index is 8.49. The lowest BCUT2D eigenvalue weighted by atomic mass is 10.1. The SMILES string of the molecule is CCNCCCCCCCO. The molecule has 2 N–H and O–H groups in total. The van der Waals surface area contributed by atoms with Crippen LogP contribution in [0.2, 0.25) is 0 Å². The summed E-state index contributed by atoms with van der Waals surface area (Å²) in [5, 5.41) is 11.8. The minimum absolute atomic E-state index is 0.354. The highest BCUT2D eigenvalue weighted by molar-refractivity contribution is 4.46. The molecule has 0 atom stereocenters. The Hall–Kier alpha value is -0.0800. The number of nitrogens with one attached hydrogen (secondary N) is 1. The summed E-state index contributed by atoms with van der Waals surface area (Å²) >= 11 is 0. The fourth-order valence-corrected chi connectivity index (χ4v) is 1.07. The smallest absolute Gasteiger partial charge is 0.0431 e. The minimum atomic E-state index is 0.354. The van der Waals surface area contributed by atoms with Crippen molar-refractivity contribution < 1.29 is 5.11 Å². The van der Waals surface area contributed by atoms with Crippen LogP contribution in [-0.4, -0.2) is 24.8 Å². The number of aliphatic hydroxyl groups is 1. The number of aliphatic hydroxyl groups excluding tert-OH is 1. The van der Waals surface area contributed by atoms with Gasteiger partial charge in [0.2, 0.25) is 0 Å². The van der Waals surface area contributed by atoms with Crippen molar-refractivity contribution in [1.29, 1.82) is 0 Å². The van der Waals surface area contributed by atoms with Gasteiger partial charge in [0, 0.05) is 6.61 Å². The molecule has 0 bridgehead atoms. The monoisotopic (exact) mass is 159 g/mol. The minimum Gasteiger partial charge on any atom is -0.396 e. The Bertz CT molecular complexity index is 58.6. The lowest BCUT2D eigenvalue weighted by Crippen LogP contribution is -2.13. The summed E-state index contributed by atoms with van der Waals surface area (Å²) in [5.74, 6) is 0. The zero-order chi connectivity index (χ0) is 8.36. The molecule has 0 fully saturated rings. The van der Waals surface area contributed by atoms with Crippen molar-refractivity contribution >= 4 is 0 Å². The first kappa shape index (κ1) is 10.9. The molecule has 0 aliphatic rings. The molecule has 0 unspecified atom stereocenters. The lowest BCUT2D eigenvalue weighted by molar-refractivity contribution is 0.282. The third-order valence-electron chi connectivity index (χ3n) is 1.76. The van der Waals surface area contributed by atoms with Crippen LogP contribution in [0.3, 0.4) is 0 Å². The molecule has 11 heavy (non-hydrogen) atoms. The number of hydrogen-bond donors (Lipinski definition) is 2. The van der Waals surface area contributed by atoms with E-state index in [0.29, 0.717) is 6.61 Å². The average Bonchev–Trinajstić information content (AvgIpc) is 2.03. The molecule has 0 aliphatic carbocycles. The fourth-order valence-electron chi connectivity index (χ4n) is 1.07. The van der Waals surface area contributed by atoms with E-state index in [1.54, 1.807) is 0 Å². The third-order valence-corrected chi connectivity index (χ3v) is 1.76. The van der Waals surface area contributed by atoms with E-state index < -0.39 is 0 Å². The van der Waals surface area contributed by atoms with E-state index in [4.69, 9.17) is 5.11 Å². The van der Waals surface area contributed by atoms with Crippen molar-refractivity contribution in [3.8, 4) is 0 Å². The molecule has 0 saturated carbocycles. The summed E-state index contributed by atoms with van der Waals surface area (Å²) in [5.41, 5.74) is 0. The van der Waals surface area contributed by atoms with Crippen LogP contribution in [0.25, 0.3) is 0 Å². The highest BCUT2D eigenvalue weighted by Crippen LogP contribution is 2.01. The summed E-state index contributed by atoms with van der Waals surface area (Å²) in [7, 11) is 0. The van der Waals surface area contributed by atoms with Crippen molar-refractivity contribution in [3.63, 3.8) is 0 Å². The quantitative estimate of drug-likeness (QED) is 0.526. The molecule has 0 amide bonds. The largest absolute Gasteiger partial charge is 0.396 e. The number of unbranched alkanes of at least 4 members (excludes halogenated alkanes) is 4. The Morgan fingerprint density at radius 2 is 1.64 bits per heavy atom. The first-order valence-electron chi connectivity index (χ1n) is 4.73. The molecule has 68 valence electrons. The van der Waals surface area contributed by atoms with E-state index in [9.17, 15) is 0 Å². The van der Waals surface area contributed by atoms with E-state index in [-0.39, 0.29) is 0 Å². The molecule has 0 saturated heterocycles. The molecule has 0 heterocycles. The van der Waals surface area contributed by atoms with Crippen molar-refractivity contribution in [2.75, 3.05) is 19.7 Å². The molecule has 2 heteroatoms. The average molecular weight is 159 g/mol. The van der Waals surface area contributed by atoms with E-state index in [2.05, 4.69) is 12.2 Å². The normalized spacial score (nSPS) is 10.4. The van der Waals surface area contributed by atoms with Crippen molar-refractivity contribution in [2.45, 2.75) is 39.0 Å². The van der Waals surface area contributed by atoms with Crippen LogP contribution < -0.4 is 5.32 Å². The number of rotatable bonds is 8. The topological polar surface area (TPSA) is 32.3 Å². The zero-order valence-electron chi connectivity index (χ0n) is 7.60. The van der Waals surface area contributed by atoms with Gasteiger partial charge in [-0.25, -0.2) is 0 Å². The summed E-state index contributed by atoms with van der Waals surface area (Å²) in [6, 6.07) is 0. The van der Waals surface area contributed by atoms with Gasteiger partial charge in [-0.15, -0.1) is 0 Å². The summed E-state index contributed by atoms with van der Waals surface area (Å²) < 4.78 is 0. The van der Waals surface area contributed by atoms with Crippen LogP contribution in [0.5, 0.6) is 0 Å². The first-order valence-corrected chi connectivity index (χ1v) is 4.73. The first-order chi connectivity index (χ1) is 5.41. The van der Waals surface area contributed by atoms with Crippen LogP contribution in [0.15, 0.2) is 0 Å². The second-order valence-corrected chi connectivity index (χ2v) is 2.84. The predicted molar refractivity (Wildman–Crippen MR) is 48.7 cm³/mol. The van der Waals surface area contributed by atoms with Crippen LogP contribution >= 0.6 is 0 Å². The zero-order valence-corrected chi connectivity index (χ0v) is 7.60. The van der Waals surface area contributed by atoms with Crippen LogP contribution in [-0.2, 0) is 0 Å².